The van der Waals surface area contributed by atoms with Crippen molar-refractivity contribution in [3.8, 4) is 11.1 Å². The molecule has 6 heteroatoms. The number of rotatable bonds is 3. The first-order valence-electron chi connectivity index (χ1n) is 9.25. The average Bonchev–Trinajstić information content (AvgIpc) is 2.74. The van der Waals surface area contributed by atoms with Crippen LogP contribution in [0.2, 0.25) is 0 Å². The van der Waals surface area contributed by atoms with Crippen LogP contribution >= 0.6 is 0 Å². The van der Waals surface area contributed by atoms with E-state index in [0.29, 0.717) is 5.69 Å². The highest BCUT2D eigenvalue weighted by molar-refractivity contribution is 6.04. The maximum Gasteiger partial charge on any atom is 0.416 e. The van der Waals surface area contributed by atoms with Crippen LogP contribution in [-0.2, 0) is 6.18 Å². The molecule has 1 N–H and O–H groups in total. The van der Waals surface area contributed by atoms with Crippen molar-refractivity contribution in [2.75, 3.05) is 5.32 Å². The molecular formula is C24H17F3N2O. The van der Waals surface area contributed by atoms with Crippen LogP contribution in [0.25, 0.3) is 21.9 Å². The van der Waals surface area contributed by atoms with Gasteiger partial charge in [-0.2, -0.15) is 13.2 Å². The molecule has 4 aromatic rings. The number of fused-ring (bicyclic) bond motifs is 1. The Kier molecular flexibility index (Phi) is 4.99. The van der Waals surface area contributed by atoms with Crippen LogP contribution in [0.5, 0.6) is 0 Å². The van der Waals surface area contributed by atoms with Gasteiger partial charge in [-0.3, -0.25) is 9.78 Å². The maximum atomic E-state index is 12.7. The Bertz CT molecular complexity index is 1230. The van der Waals surface area contributed by atoms with Crippen molar-refractivity contribution in [2.24, 2.45) is 0 Å². The largest absolute Gasteiger partial charge is 0.416 e. The minimum Gasteiger partial charge on any atom is -0.322 e. The number of aryl methyl sites for hydroxylation is 1. The molecule has 1 aromatic heterocycles. The second-order valence-corrected chi connectivity index (χ2v) is 7.00. The highest BCUT2D eigenvalue weighted by Gasteiger charge is 2.30. The zero-order valence-electron chi connectivity index (χ0n) is 16.0. The van der Waals surface area contributed by atoms with Crippen LogP contribution in [-0.4, -0.2) is 10.9 Å². The Morgan fingerprint density at radius 3 is 2.40 bits per heavy atom. The van der Waals surface area contributed by atoms with E-state index in [2.05, 4.69) is 10.3 Å². The van der Waals surface area contributed by atoms with Gasteiger partial charge >= 0.3 is 6.18 Å². The number of nitrogens with one attached hydrogen (secondary N) is 1. The monoisotopic (exact) mass is 406 g/mol. The Hall–Kier alpha value is -3.67. The molecule has 0 unspecified atom stereocenters. The fraction of sp³-hybridized carbons (Fsp3) is 0.0833. The normalized spacial score (nSPS) is 11.5. The first-order valence-corrected chi connectivity index (χ1v) is 9.25. The summed E-state index contributed by atoms with van der Waals surface area (Å²) in [5.41, 5.74) is 2.89. The zero-order valence-corrected chi connectivity index (χ0v) is 16.0. The summed E-state index contributed by atoms with van der Waals surface area (Å²) in [5, 5.41) is 4.85. The summed E-state index contributed by atoms with van der Waals surface area (Å²) in [6, 6.07) is 17.7. The molecule has 30 heavy (non-hydrogen) atoms. The lowest BCUT2D eigenvalue weighted by atomic mass is 9.98. The molecule has 3 nitrogen and oxygen atoms in total. The molecule has 0 spiro atoms. The predicted molar refractivity (Wildman–Crippen MR) is 111 cm³/mol. The predicted octanol–water partition coefficient (Wildman–Crippen LogP) is 6.48. The summed E-state index contributed by atoms with van der Waals surface area (Å²) < 4.78 is 38.1. The van der Waals surface area contributed by atoms with Crippen LogP contribution in [0.4, 0.5) is 18.9 Å². The Morgan fingerprint density at radius 2 is 1.67 bits per heavy atom. The van der Waals surface area contributed by atoms with Crippen molar-refractivity contribution in [3.63, 3.8) is 0 Å². The van der Waals surface area contributed by atoms with Crippen LogP contribution in [0.15, 0.2) is 79.1 Å². The molecule has 0 saturated heterocycles. The Labute approximate surface area is 171 Å². The number of hydrogen-bond donors (Lipinski definition) is 1. The number of pyridine rings is 1. The number of hydrogen-bond acceptors (Lipinski definition) is 2. The third-order valence-electron chi connectivity index (χ3n) is 4.92. The minimum absolute atomic E-state index is 0.155. The molecular weight excluding hydrogens is 389 g/mol. The number of carbonyl (C=O) groups excluding carboxylic acids is 1. The van der Waals surface area contributed by atoms with Gasteiger partial charge in [0.15, 0.2) is 0 Å². The van der Waals surface area contributed by atoms with E-state index < -0.39 is 17.6 Å². The second-order valence-electron chi connectivity index (χ2n) is 7.00. The van der Waals surface area contributed by atoms with Gasteiger partial charge in [0.25, 0.3) is 5.91 Å². The topological polar surface area (TPSA) is 42.0 Å². The van der Waals surface area contributed by atoms with Gasteiger partial charge < -0.3 is 5.32 Å². The number of alkyl halides is 3. The van der Waals surface area contributed by atoms with Crippen molar-refractivity contribution in [1.29, 1.82) is 0 Å². The summed E-state index contributed by atoms with van der Waals surface area (Å²) in [6.45, 7) is 1.98. The molecule has 0 bridgehead atoms. The van der Waals surface area contributed by atoms with Gasteiger partial charge in [-0.25, -0.2) is 0 Å². The zero-order chi connectivity index (χ0) is 21.3. The van der Waals surface area contributed by atoms with E-state index in [1.54, 1.807) is 18.5 Å². The summed E-state index contributed by atoms with van der Waals surface area (Å²) >= 11 is 0. The number of nitrogens with zero attached hydrogens (tertiary/aromatic N) is 1. The molecule has 150 valence electrons. The Balaban J connectivity index is 1.60. The molecule has 1 amide bonds. The molecule has 0 atom stereocenters. The highest BCUT2D eigenvalue weighted by atomic mass is 19.4. The van der Waals surface area contributed by atoms with Crippen molar-refractivity contribution >= 4 is 22.4 Å². The SMILES string of the molecule is Cc1ccc(NC(=O)c2ccc(C(F)(F)F)cc2)cc1-c1ccc2ccncc2c1. The molecule has 0 fully saturated rings. The van der Waals surface area contributed by atoms with E-state index in [1.165, 1.54) is 12.1 Å². The fourth-order valence-electron chi connectivity index (χ4n) is 3.28. The molecule has 0 aliphatic rings. The average molecular weight is 406 g/mol. The van der Waals surface area contributed by atoms with Gasteiger partial charge in [-0.1, -0.05) is 18.2 Å². The number of amides is 1. The molecule has 0 radical (unpaired) electrons. The second kappa shape index (κ2) is 7.63. The van der Waals surface area contributed by atoms with Gasteiger partial charge in [0.2, 0.25) is 0 Å². The highest BCUT2D eigenvalue weighted by Crippen LogP contribution is 2.31. The number of carbonyl (C=O) groups is 1. The van der Waals surface area contributed by atoms with Gasteiger partial charge in [0.1, 0.15) is 0 Å². The lowest BCUT2D eigenvalue weighted by molar-refractivity contribution is -0.137. The van der Waals surface area contributed by atoms with Gasteiger partial charge in [-0.15, -0.1) is 0 Å². The standard InChI is InChI=1S/C24H17F3N2O/c1-15-2-9-21(29-23(30)17-5-7-20(8-6-17)24(25,26)27)13-22(15)18-4-3-16-10-11-28-14-19(16)12-18/h2-14H,1H3,(H,29,30). The smallest absolute Gasteiger partial charge is 0.322 e. The third-order valence-corrected chi connectivity index (χ3v) is 4.92. The molecule has 1 heterocycles. The molecule has 0 saturated carbocycles. The summed E-state index contributed by atoms with van der Waals surface area (Å²) in [7, 11) is 0. The van der Waals surface area contributed by atoms with Crippen molar-refractivity contribution in [2.45, 2.75) is 13.1 Å². The van der Waals surface area contributed by atoms with E-state index >= 15 is 0 Å². The quantitative estimate of drug-likeness (QED) is 0.423. The van der Waals surface area contributed by atoms with E-state index in [4.69, 9.17) is 0 Å². The Morgan fingerprint density at radius 1 is 0.900 bits per heavy atom. The van der Waals surface area contributed by atoms with Crippen molar-refractivity contribution in [1.82, 2.24) is 4.98 Å². The molecule has 0 aliphatic heterocycles. The molecule has 3 aromatic carbocycles. The number of aromatic nitrogens is 1. The van der Waals surface area contributed by atoms with Gasteiger partial charge in [0, 0.05) is 29.0 Å². The van der Waals surface area contributed by atoms with Crippen molar-refractivity contribution < 1.29 is 18.0 Å². The van der Waals surface area contributed by atoms with Crippen LogP contribution in [0.3, 0.4) is 0 Å². The summed E-state index contributed by atoms with van der Waals surface area (Å²) in [5.74, 6) is -0.471. The minimum atomic E-state index is -4.43. The number of halogens is 3. The lowest BCUT2D eigenvalue weighted by Gasteiger charge is -2.12. The van der Waals surface area contributed by atoms with E-state index in [1.807, 2.05) is 43.3 Å². The third kappa shape index (κ3) is 4.03. The van der Waals surface area contributed by atoms with Gasteiger partial charge in [-0.05, 0) is 77.5 Å². The first-order chi connectivity index (χ1) is 14.3. The van der Waals surface area contributed by atoms with Gasteiger partial charge in [0.05, 0.1) is 5.56 Å². The molecule has 0 aliphatic carbocycles. The number of anilines is 1. The number of benzene rings is 3. The summed E-state index contributed by atoms with van der Waals surface area (Å²) in [6.07, 6.45) is -0.898. The first kappa shape index (κ1) is 19.6. The van der Waals surface area contributed by atoms with Crippen LogP contribution in [0, 0.1) is 6.92 Å². The lowest BCUT2D eigenvalue weighted by Crippen LogP contribution is -2.13. The summed E-state index contributed by atoms with van der Waals surface area (Å²) in [4.78, 5) is 16.6. The van der Waals surface area contributed by atoms with E-state index in [-0.39, 0.29) is 5.56 Å². The van der Waals surface area contributed by atoms with Crippen molar-refractivity contribution in [3.05, 3.63) is 95.8 Å². The van der Waals surface area contributed by atoms with E-state index in [0.717, 1.165) is 39.6 Å². The van der Waals surface area contributed by atoms with E-state index in [9.17, 15) is 18.0 Å². The van der Waals surface area contributed by atoms with Crippen LogP contribution < -0.4 is 5.32 Å². The fourth-order valence-corrected chi connectivity index (χ4v) is 3.28. The maximum absolute atomic E-state index is 12.7. The van der Waals surface area contributed by atoms with Crippen LogP contribution in [0.1, 0.15) is 21.5 Å². The molecule has 4 rings (SSSR count).